The van der Waals surface area contributed by atoms with Crippen LogP contribution in [0.15, 0.2) is 77.8 Å². The summed E-state index contributed by atoms with van der Waals surface area (Å²) >= 11 is 0.984. The fraction of sp³-hybridized carbons (Fsp3) is 0.0500. The zero-order valence-corrected chi connectivity index (χ0v) is 16.7. The minimum Gasteiger partial charge on any atom is -0.266 e. The minimum atomic E-state index is -3.83. The van der Waals surface area contributed by atoms with Crippen molar-refractivity contribution in [1.29, 1.82) is 0 Å². The number of nitrogens with zero attached hydrogens (tertiary/aromatic N) is 4. The maximum Gasteiger partial charge on any atom is 0.265 e. The molecule has 0 saturated heterocycles. The van der Waals surface area contributed by atoms with Crippen LogP contribution in [-0.4, -0.2) is 26.9 Å². The monoisotopic (exact) mass is 421 g/mol. The van der Waals surface area contributed by atoms with Gasteiger partial charge in [0.25, 0.3) is 10.0 Å². The Bertz CT molecular complexity index is 1430. The molecule has 0 unspecified atom stereocenters. The molecule has 29 heavy (non-hydrogen) atoms. The van der Waals surface area contributed by atoms with Crippen molar-refractivity contribution in [3.05, 3.63) is 78.5 Å². The second-order valence-corrected chi connectivity index (χ2v) is 8.71. The predicted octanol–water partition coefficient (Wildman–Crippen LogP) is 3.89. The van der Waals surface area contributed by atoms with E-state index in [9.17, 15) is 8.42 Å². The number of rotatable bonds is 5. The van der Waals surface area contributed by atoms with Gasteiger partial charge in [0.05, 0.1) is 18.3 Å². The fourth-order valence-electron chi connectivity index (χ4n) is 3.30. The Labute approximate surface area is 171 Å². The number of benzene rings is 3. The summed E-state index contributed by atoms with van der Waals surface area (Å²) < 4.78 is 38.1. The van der Waals surface area contributed by atoms with Gasteiger partial charge in [-0.2, -0.15) is 13.8 Å². The van der Waals surface area contributed by atoms with Crippen molar-refractivity contribution in [3.8, 4) is 0 Å². The van der Waals surface area contributed by atoms with Crippen LogP contribution in [0.4, 0.5) is 5.82 Å². The van der Waals surface area contributed by atoms with E-state index in [1.807, 2.05) is 24.3 Å². The molecule has 0 amide bonds. The molecule has 0 fully saturated rings. The normalized spacial score (nSPS) is 11.9. The summed E-state index contributed by atoms with van der Waals surface area (Å²) in [5.41, 5.74) is 2.03. The van der Waals surface area contributed by atoms with Crippen molar-refractivity contribution in [1.82, 2.24) is 18.5 Å². The van der Waals surface area contributed by atoms with Gasteiger partial charge >= 0.3 is 0 Å². The van der Waals surface area contributed by atoms with Gasteiger partial charge in [-0.15, -0.1) is 0 Å². The molecule has 7 nitrogen and oxygen atoms in total. The van der Waals surface area contributed by atoms with Crippen LogP contribution in [0.5, 0.6) is 0 Å². The Hall–Kier alpha value is -3.30. The van der Waals surface area contributed by atoms with E-state index in [4.69, 9.17) is 0 Å². The van der Waals surface area contributed by atoms with Gasteiger partial charge in [0, 0.05) is 12.3 Å². The summed E-state index contributed by atoms with van der Waals surface area (Å²) in [6.07, 6.45) is 1.75. The highest BCUT2D eigenvalue weighted by molar-refractivity contribution is 7.93. The van der Waals surface area contributed by atoms with Crippen molar-refractivity contribution >= 4 is 49.4 Å². The molecule has 0 spiro atoms. The molecule has 5 aromatic rings. The summed E-state index contributed by atoms with van der Waals surface area (Å²) in [7, 11) is -3.83. The van der Waals surface area contributed by atoms with Gasteiger partial charge in [-0.05, 0) is 28.5 Å². The molecule has 0 saturated carbocycles. The Morgan fingerprint density at radius 3 is 2.69 bits per heavy atom. The average Bonchev–Trinajstić information content (AvgIpc) is 3.37. The van der Waals surface area contributed by atoms with Gasteiger partial charge in [-0.25, -0.2) is 8.42 Å². The minimum absolute atomic E-state index is 0.0901. The zero-order chi connectivity index (χ0) is 19.8. The molecule has 0 radical (unpaired) electrons. The van der Waals surface area contributed by atoms with E-state index in [-0.39, 0.29) is 10.7 Å². The second kappa shape index (κ2) is 6.94. The first-order valence-electron chi connectivity index (χ1n) is 8.84. The van der Waals surface area contributed by atoms with E-state index in [2.05, 4.69) is 36.8 Å². The van der Waals surface area contributed by atoms with Crippen LogP contribution in [0.1, 0.15) is 5.56 Å². The van der Waals surface area contributed by atoms with Crippen LogP contribution in [-0.2, 0) is 16.6 Å². The van der Waals surface area contributed by atoms with Crippen LogP contribution in [0.3, 0.4) is 0 Å². The predicted molar refractivity (Wildman–Crippen MR) is 114 cm³/mol. The summed E-state index contributed by atoms with van der Waals surface area (Å²) in [5.74, 6) is 0.255. The lowest BCUT2D eigenvalue weighted by Gasteiger charge is -2.07. The number of sulfonamides is 1. The zero-order valence-electron chi connectivity index (χ0n) is 15.1. The maximum absolute atomic E-state index is 12.8. The molecule has 3 aromatic carbocycles. The molecule has 2 heterocycles. The van der Waals surface area contributed by atoms with E-state index in [1.54, 1.807) is 29.1 Å². The molecule has 9 heteroatoms. The van der Waals surface area contributed by atoms with Gasteiger partial charge < -0.3 is 0 Å². The first kappa shape index (κ1) is 17.8. The molecule has 0 atom stereocenters. The molecule has 144 valence electrons. The molecule has 0 aliphatic heterocycles. The van der Waals surface area contributed by atoms with Crippen molar-refractivity contribution in [2.45, 2.75) is 11.4 Å². The van der Waals surface area contributed by atoms with E-state index in [1.165, 1.54) is 6.07 Å². The van der Waals surface area contributed by atoms with Crippen molar-refractivity contribution in [3.63, 3.8) is 0 Å². The van der Waals surface area contributed by atoms with E-state index in [0.717, 1.165) is 28.1 Å². The number of hydrogen-bond acceptors (Lipinski definition) is 6. The quantitative estimate of drug-likeness (QED) is 0.465. The Morgan fingerprint density at radius 1 is 0.931 bits per heavy atom. The first-order valence-corrected chi connectivity index (χ1v) is 11.1. The van der Waals surface area contributed by atoms with Crippen LogP contribution < -0.4 is 4.72 Å². The Morgan fingerprint density at radius 2 is 1.76 bits per heavy atom. The van der Waals surface area contributed by atoms with Gasteiger partial charge in [0.15, 0.2) is 5.82 Å². The molecule has 2 aromatic heterocycles. The number of fused-ring (bicyclic) bond motifs is 2. The standard InChI is InChI=1S/C20H15N5O2S2/c26-29(27,18-10-4-9-17-20(18)23-28-22-17)24-19-11-12-25(21-19)13-15-7-3-6-14-5-1-2-8-16(14)15/h1-12H,13H2,(H,21,24). The summed E-state index contributed by atoms with van der Waals surface area (Å²) in [6.45, 7) is 0.536. The third kappa shape index (κ3) is 3.34. The lowest BCUT2D eigenvalue weighted by atomic mass is 10.0. The fourth-order valence-corrected chi connectivity index (χ4v) is 5.06. The van der Waals surface area contributed by atoms with Gasteiger partial charge in [0.2, 0.25) is 0 Å². The molecule has 0 bridgehead atoms. The Balaban J connectivity index is 1.42. The summed E-state index contributed by atoms with van der Waals surface area (Å²) in [6, 6.07) is 20.8. The van der Waals surface area contributed by atoms with Gasteiger partial charge in [-0.3, -0.25) is 9.40 Å². The molecular weight excluding hydrogens is 406 g/mol. The van der Waals surface area contributed by atoms with E-state index < -0.39 is 10.0 Å². The third-order valence-electron chi connectivity index (χ3n) is 4.63. The lowest BCUT2D eigenvalue weighted by Crippen LogP contribution is -2.14. The molecule has 1 N–H and O–H groups in total. The van der Waals surface area contributed by atoms with Crippen LogP contribution in [0.25, 0.3) is 21.8 Å². The van der Waals surface area contributed by atoms with Gasteiger partial charge in [-0.1, -0.05) is 48.5 Å². The number of hydrogen-bond donors (Lipinski definition) is 1. The number of anilines is 1. The van der Waals surface area contributed by atoms with Crippen LogP contribution in [0.2, 0.25) is 0 Å². The molecular formula is C20H15N5O2S2. The third-order valence-corrected chi connectivity index (χ3v) is 6.56. The highest BCUT2D eigenvalue weighted by Crippen LogP contribution is 2.23. The van der Waals surface area contributed by atoms with Crippen molar-refractivity contribution in [2.24, 2.45) is 0 Å². The largest absolute Gasteiger partial charge is 0.266 e. The molecule has 0 aliphatic carbocycles. The van der Waals surface area contributed by atoms with Crippen molar-refractivity contribution in [2.75, 3.05) is 4.72 Å². The summed E-state index contributed by atoms with van der Waals surface area (Å²) in [4.78, 5) is 0.0901. The van der Waals surface area contributed by atoms with Gasteiger partial charge in [0.1, 0.15) is 15.9 Å². The highest BCUT2D eigenvalue weighted by atomic mass is 32.2. The smallest absolute Gasteiger partial charge is 0.265 e. The average molecular weight is 422 g/mol. The number of nitrogens with one attached hydrogen (secondary N) is 1. The van der Waals surface area contributed by atoms with Crippen molar-refractivity contribution < 1.29 is 8.42 Å². The second-order valence-electron chi connectivity index (χ2n) is 6.53. The molecule has 5 rings (SSSR count). The topological polar surface area (TPSA) is 89.8 Å². The lowest BCUT2D eigenvalue weighted by molar-refractivity contribution is 0.601. The highest BCUT2D eigenvalue weighted by Gasteiger charge is 2.20. The van der Waals surface area contributed by atoms with Crippen LogP contribution >= 0.6 is 11.7 Å². The number of aromatic nitrogens is 4. The SMILES string of the molecule is O=S(=O)(Nc1ccn(Cc2cccc3ccccc23)n1)c1cccc2nsnc12. The molecule has 0 aliphatic rings. The maximum atomic E-state index is 12.8. The summed E-state index contributed by atoms with van der Waals surface area (Å²) in [5, 5.41) is 6.69. The van der Waals surface area contributed by atoms with Crippen LogP contribution in [0, 0.1) is 0 Å². The Kier molecular flexibility index (Phi) is 4.26. The van der Waals surface area contributed by atoms with E-state index in [0.29, 0.717) is 17.6 Å². The first-order chi connectivity index (χ1) is 14.1. The van der Waals surface area contributed by atoms with E-state index >= 15 is 0 Å².